The van der Waals surface area contributed by atoms with Gasteiger partial charge in [-0.3, -0.25) is 4.79 Å². The lowest BCUT2D eigenvalue weighted by atomic mass is 9.92. The van der Waals surface area contributed by atoms with E-state index >= 15 is 0 Å². The standard InChI is InChI=1S/C19H21NO4/c1-12-6-8-13(9-7-12)14-4-3-5-15(14)20(2)18(21)16-10-11-17(24-16)19(22)23/h6-11,14-15H,3-5H2,1-2H3,(H,22,23). The summed E-state index contributed by atoms with van der Waals surface area (Å²) < 4.78 is 5.15. The number of nitrogens with zero attached hydrogens (tertiary/aromatic N) is 1. The molecule has 1 aromatic carbocycles. The SMILES string of the molecule is Cc1ccc(C2CCCC2N(C)C(=O)c2ccc(C(=O)O)o2)cc1. The monoisotopic (exact) mass is 327 g/mol. The van der Waals surface area contributed by atoms with E-state index in [0.29, 0.717) is 5.92 Å². The summed E-state index contributed by atoms with van der Waals surface area (Å²) >= 11 is 0. The Kier molecular flexibility index (Phi) is 4.42. The van der Waals surface area contributed by atoms with Crippen LogP contribution in [0.5, 0.6) is 0 Å². The molecule has 0 saturated heterocycles. The lowest BCUT2D eigenvalue weighted by Gasteiger charge is -2.29. The minimum atomic E-state index is -1.17. The highest BCUT2D eigenvalue weighted by Crippen LogP contribution is 2.38. The molecule has 3 rings (SSSR count). The molecule has 1 saturated carbocycles. The Morgan fingerprint density at radius 1 is 1.08 bits per heavy atom. The van der Waals surface area contributed by atoms with Crippen LogP contribution in [-0.4, -0.2) is 35.0 Å². The molecule has 1 aliphatic rings. The lowest BCUT2D eigenvalue weighted by molar-refractivity contribution is 0.0642. The van der Waals surface area contributed by atoms with Crippen LogP contribution in [0.15, 0.2) is 40.8 Å². The summed E-state index contributed by atoms with van der Waals surface area (Å²) in [5.41, 5.74) is 2.46. The summed E-state index contributed by atoms with van der Waals surface area (Å²) in [4.78, 5) is 25.2. The van der Waals surface area contributed by atoms with Gasteiger partial charge in [-0.15, -0.1) is 0 Å². The number of carboxylic acid groups (broad SMARTS) is 1. The van der Waals surface area contributed by atoms with Gasteiger partial charge in [-0.25, -0.2) is 4.79 Å². The van der Waals surface area contributed by atoms with Crippen LogP contribution in [-0.2, 0) is 0 Å². The van der Waals surface area contributed by atoms with Gasteiger partial charge in [0, 0.05) is 19.0 Å². The van der Waals surface area contributed by atoms with Gasteiger partial charge in [-0.1, -0.05) is 36.2 Å². The number of carboxylic acids is 1. The van der Waals surface area contributed by atoms with E-state index in [9.17, 15) is 9.59 Å². The molecule has 1 amide bonds. The molecule has 2 unspecified atom stereocenters. The van der Waals surface area contributed by atoms with Gasteiger partial charge in [0.2, 0.25) is 5.76 Å². The Balaban J connectivity index is 1.79. The molecule has 2 aromatic rings. The van der Waals surface area contributed by atoms with Crippen molar-refractivity contribution in [3.63, 3.8) is 0 Å². The van der Waals surface area contributed by atoms with Gasteiger partial charge >= 0.3 is 5.97 Å². The van der Waals surface area contributed by atoms with Gasteiger partial charge in [0.15, 0.2) is 5.76 Å². The van der Waals surface area contributed by atoms with Crippen molar-refractivity contribution in [1.29, 1.82) is 0 Å². The molecule has 1 heterocycles. The molecule has 1 fully saturated rings. The van der Waals surface area contributed by atoms with Crippen molar-refractivity contribution < 1.29 is 19.1 Å². The van der Waals surface area contributed by atoms with E-state index in [1.54, 1.807) is 11.9 Å². The fourth-order valence-corrected chi connectivity index (χ4v) is 3.50. The van der Waals surface area contributed by atoms with Crippen LogP contribution in [0.4, 0.5) is 0 Å². The number of hydrogen-bond acceptors (Lipinski definition) is 3. The molecule has 1 aliphatic carbocycles. The normalized spacial score (nSPS) is 20.1. The third-order valence-electron chi connectivity index (χ3n) is 4.83. The first kappa shape index (κ1) is 16.3. The van der Waals surface area contributed by atoms with Crippen LogP contribution >= 0.6 is 0 Å². The second-order valence-corrected chi connectivity index (χ2v) is 6.40. The summed E-state index contributed by atoms with van der Waals surface area (Å²) in [7, 11) is 1.77. The van der Waals surface area contributed by atoms with Crippen LogP contribution in [0, 0.1) is 6.92 Å². The highest BCUT2D eigenvalue weighted by atomic mass is 16.4. The number of furan rings is 1. The first-order chi connectivity index (χ1) is 11.5. The Morgan fingerprint density at radius 2 is 1.75 bits per heavy atom. The van der Waals surface area contributed by atoms with E-state index in [1.165, 1.54) is 23.3 Å². The largest absolute Gasteiger partial charge is 0.475 e. The first-order valence-corrected chi connectivity index (χ1v) is 8.14. The molecule has 0 aliphatic heterocycles. The average molecular weight is 327 g/mol. The van der Waals surface area contributed by atoms with Crippen molar-refractivity contribution in [3.8, 4) is 0 Å². The fourth-order valence-electron chi connectivity index (χ4n) is 3.50. The number of amides is 1. The Morgan fingerprint density at radius 3 is 2.38 bits per heavy atom. The van der Waals surface area contributed by atoms with E-state index in [1.807, 2.05) is 0 Å². The zero-order valence-electron chi connectivity index (χ0n) is 13.9. The van der Waals surface area contributed by atoms with Crippen molar-refractivity contribution in [3.05, 3.63) is 59.0 Å². The quantitative estimate of drug-likeness (QED) is 0.929. The summed E-state index contributed by atoms with van der Waals surface area (Å²) in [6.45, 7) is 2.06. The fraction of sp³-hybridized carbons (Fsp3) is 0.368. The third kappa shape index (κ3) is 3.07. The molecule has 1 aromatic heterocycles. The van der Waals surface area contributed by atoms with Crippen LogP contribution in [0.2, 0.25) is 0 Å². The summed E-state index contributed by atoms with van der Waals surface area (Å²) in [6.07, 6.45) is 3.05. The minimum Gasteiger partial charge on any atom is -0.475 e. The van der Waals surface area contributed by atoms with Crippen LogP contribution in [0.3, 0.4) is 0 Å². The molecule has 0 bridgehead atoms. The number of carbonyl (C=O) groups excluding carboxylic acids is 1. The first-order valence-electron chi connectivity index (χ1n) is 8.14. The molecule has 0 radical (unpaired) electrons. The molecule has 126 valence electrons. The third-order valence-corrected chi connectivity index (χ3v) is 4.83. The number of benzene rings is 1. The molecule has 1 N–H and O–H groups in total. The maximum absolute atomic E-state index is 12.6. The van der Waals surface area contributed by atoms with Gasteiger partial charge < -0.3 is 14.4 Å². The Hall–Kier alpha value is -2.56. The van der Waals surface area contributed by atoms with Gasteiger partial charge in [0.25, 0.3) is 5.91 Å². The highest BCUT2D eigenvalue weighted by Gasteiger charge is 2.35. The Labute approximate surface area is 140 Å². The minimum absolute atomic E-state index is 0.0736. The maximum atomic E-state index is 12.6. The lowest BCUT2D eigenvalue weighted by Crippen LogP contribution is -2.38. The van der Waals surface area contributed by atoms with Crippen molar-refractivity contribution in [2.24, 2.45) is 0 Å². The summed E-state index contributed by atoms with van der Waals surface area (Å²) in [5, 5.41) is 8.92. The van der Waals surface area contributed by atoms with Gasteiger partial charge in [0.1, 0.15) is 0 Å². The molecular weight excluding hydrogens is 306 g/mol. The Bertz CT molecular complexity index is 747. The molecular formula is C19H21NO4. The molecule has 0 spiro atoms. The predicted molar refractivity (Wildman–Crippen MR) is 89.3 cm³/mol. The predicted octanol–water partition coefficient (Wildman–Crippen LogP) is 3.69. The van der Waals surface area contributed by atoms with Crippen LogP contribution in [0.25, 0.3) is 0 Å². The number of likely N-dealkylation sites (N-methyl/N-ethyl adjacent to an activating group) is 1. The van der Waals surface area contributed by atoms with E-state index < -0.39 is 5.97 Å². The van der Waals surface area contributed by atoms with Gasteiger partial charge in [-0.2, -0.15) is 0 Å². The maximum Gasteiger partial charge on any atom is 0.371 e. The van der Waals surface area contributed by atoms with E-state index in [-0.39, 0.29) is 23.5 Å². The second kappa shape index (κ2) is 6.51. The van der Waals surface area contributed by atoms with Crippen molar-refractivity contribution in [1.82, 2.24) is 4.90 Å². The number of aromatic carboxylic acids is 1. The molecule has 5 nitrogen and oxygen atoms in total. The number of aryl methyl sites for hydroxylation is 1. The van der Waals surface area contributed by atoms with Crippen molar-refractivity contribution in [2.45, 2.75) is 38.1 Å². The van der Waals surface area contributed by atoms with Crippen LogP contribution < -0.4 is 0 Å². The smallest absolute Gasteiger partial charge is 0.371 e. The van der Waals surface area contributed by atoms with Crippen molar-refractivity contribution >= 4 is 11.9 Å². The summed E-state index contributed by atoms with van der Waals surface area (Å²) in [5.74, 6) is -1.28. The zero-order chi connectivity index (χ0) is 17.3. The van der Waals surface area contributed by atoms with Crippen LogP contribution in [0.1, 0.15) is 57.4 Å². The number of carbonyl (C=O) groups is 2. The summed E-state index contributed by atoms with van der Waals surface area (Å²) in [6, 6.07) is 11.3. The second-order valence-electron chi connectivity index (χ2n) is 6.40. The molecule has 2 atom stereocenters. The van der Waals surface area contributed by atoms with E-state index in [0.717, 1.165) is 19.3 Å². The highest BCUT2D eigenvalue weighted by molar-refractivity contribution is 5.93. The number of hydrogen-bond donors (Lipinski definition) is 1. The van der Waals surface area contributed by atoms with Gasteiger partial charge in [0.05, 0.1) is 0 Å². The number of rotatable bonds is 4. The van der Waals surface area contributed by atoms with Gasteiger partial charge in [-0.05, 0) is 37.5 Å². The van der Waals surface area contributed by atoms with Crippen molar-refractivity contribution in [2.75, 3.05) is 7.05 Å². The van der Waals surface area contributed by atoms with E-state index in [4.69, 9.17) is 9.52 Å². The zero-order valence-corrected chi connectivity index (χ0v) is 13.9. The average Bonchev–Trinajstić information content (AvgIpc) is 3.23. The topological polar surface area (TPSA) is 70.8 Å². The molecule has 5 heteroatoms. The van der Waals surface area contributed by atoms with E-state index in [2.05, 4.69) is 31.2 Å². The molecule has 24 heavy (non-hydrogen) atoms.